The van der Waals surface area contributed by atoms with Crippen LogP contribution < -0.4 is 5.32 Å². The second kappa shape index (κ2) is 5.92. The molecule has 1 aromatic carbocycles. The highest BCUT2D eigenvalue weighted by molar-refractivity contribution is 7.91. The number of carbonyl (C=O) groups excluding carboxylic acids is 1. The maximum atomic E-state index is 11.8. The molecular formula is C13H16ClNO3S. The molecule has 19 heavy (non-hydrogen) atoms. The normalized spacial score (nSPS) is 21.2. The molecule has 0 aromatic heterocycles. The summed E-state index contributed by atoms with van der Waals surface area (Å²) in [6, 6.07) is 7.20. The van der Waals surface area contributed by atoms with Crippen LogP contribution in [0.1, 0.15) is 12.0 Å². The zero-order valence-electron chi connectivity index (χ0n) is 10.4. The minimum absolute atomic E-state index is 0.0418. The fourth-order valence-electron chi connectivity index (χ4n) is 2.17. The summed E-state index contributed by atoms with van der Waals surface area (Å²) in [5.74, 6) is 0.329. The summed E-state index contributed by atoms with van der Waals surface area (Å²) >= 11 is 5.97. The molecule has 0 radical (unpaired) electrons. The van der Waals surface area contributed by atoms with Gasteiger partial charge in [-0.05, 0) is 24.0 Å². The van der Waals surface area contributed by atoms with Crippen LogP contribution in [-0.4, -0.2) is 32.4 Å². The summed E-state index contributed by atoms with van der Waals surface area (Å²) in [5.41, 5.74) is 0.778. The highest BCUT2D eigenvalue weighted by Crippen LogP contribution is 2.18. The van der Waals surface area contributed by atoms with E-state index in [1.54, 1.807) is 6.07 Å². The molecule has 1 aliphatic rings. The molecule has 1 N–H and O–H groups in total. The van der Waals surface area contributed by atoms with E-state index in [1.807, 2.05) is 18.2 Å². The van der Waals surface area contributed by atoms with Gasteiger partial charge in [-0.3, -0.25) is 4.79 Å². The maximum Gasteiger partial charge on any atom is 0.224 e. The van der Waals surface area contributed by atoms with Gasteiger partial charge in [0.15, 0.2) is 9.84 Å². The van der Waals surface area contributed by atoms with Crippen molar-refractivity contribution in [3.05, 3.63) is 34.9 Å². The largest absolute Gasteiger partial charge is 0.356 e. The Labute approximate surface area is 118 Å². The fraction of sp³-hybridized carbons (Fsp3) is 0.462. The van der Waals surface area contributed by atoms with Crippen LogP contribution in [-0.2, 0) is 21.1 Å². The van der Waals surface area contributed by atoms with Crippen molar-refractivity contribution in [2.24, 2.45) is 5.92 Å². The zero-order valence-corrected chi connectivity index (χ0v) is 12.0. The van der Waals surface area contributed by atoms with Gasteiger partial charge in [-0.25, -0.2) is 8.42 Å². The second-order valence-corrected chi connectivity index (χ2v) is 7.48. The Kier molecular flexibility index (Phi) is 4.47. The molecule has 1 aliphatic heterocycles. The fourth-order valence-corrected chi connectivity index (χ4v) is 4.23. The minimum Gasteiger partial charge on any atom is -0.356 e. The van der Waals surface area contributed by atoms with Crippen LogP contribution in [0.2, 0.25) is 5.02 Å². The summed E-state index contributed by atoms with van der Waals surface area (Å²) < 4.78 is 22.6. The molecule has 1 fully saturated rings. The Bertz CT molecular complexity index is 571. The average Bonchev–Trinajstić information content (AvgIpc) is 2.69. The van der Waals surface area contributed by atoms with Gasteiger partial charge in [0, 0.05) is 11.6 Å². The first-order chi connectivity index (χ1) is 8.96. The third-order valence-electron chi connectivity index (χ3n) is 3.22. The molecule has 1 unspecified atom stereocenters. The molecule has 2 rings (SSSR count). The number of halogens is 1. The second-order valence-electron chi connectivity index (χ2n) is 4.84. The molecule has 6 heteroatoms. The van der Waals surface area contributed by atoms with Crippen molar-refractivity contribution in [3.63, 3.8) is 0 Å². The van der Waals surface area contributed by atoms with Crippen molar-refractivity contribution in [1.29, 1.82) is 0 Å². The number of hydrogen-bond donors (Lipinski definition) is 1. The Morgan fingerprint density at radius 1 is 1.37 bits per heavy atom. The van der Waals surface area contributed by atoms with Crippen molar-refractivity contribution in [3.8, 4) is 0 Å². The van der Waals surface area contributed by atoms with Crippen molar-refractivity contribution in [1.82, 2.24) is 5.32 Å². The average molecular weight is 302 g/mol. The Morgan fingerprint density at radius 3 is 2.74 bits per heavy atom. The lowest BCUT2D eigenvalue weighted by Gasteiger charge is -2.10. The van der Waals surface area contributed by atoms with Gasteiger partial charge >= 0.3 is 0 Å². The van der Waals surface area contributed by atoms with E-state index in [1.165, 1.54) is 0 Å². The molecule has 1 amide bonds. The standard InChI is InChI=1S/C13H16ClNO3S/c14-12-4-2-1-3-11(12)7-13(16)15-8-10-5-6-19(17,18)9-10/h1-4,10H,5-9H2,(H,15,16). The summed E-state index contributed by atoms with van der Waals surface area (Å²) in [6.45, 7) is 0.419. The Balaban J connectivity index is 1.81. The summed E-state index contributed by atoms with van der Waals surface area (Å²) in [7, 11) is -2.88. The van der Waals surface area contributed by atoms with Crippen LogP contribution in [0.5, 0.6) is 0 Å². The lowest BCUT2D eigenvalue weighted by molar-refractivity contribution is -0.120. The number of benzene rings is 1. The van der Waals surface area contributed by atoms with Crippen LogP contribution in [0.25, 0.3) is 0 Å². The first-order valence-corrected chi connectivity index (χ1v) is 8.37. The zero-order chi connectivity index (χ0) is 13.9. The van der Waals surface area contributed by atoms with Crippen molar-refractivity contribution in [2.75, 3.05) is 18.1 Å². The van der Waals surface area contributed by atoms with E-state index in [2.05, 4.69) is 5.32 Å². The molecule has 0 spiro atoms. The Morgan fingerprint density at radius 2 is 2.11 bits per heavy atom. The molecule has 1 atom stereocenters. The van der Waals surface area contributed by atoms with E-state index in [-0.39, 0.29) is 29.8 Å². The summed E-state index contributed by atoms with van der Waals surface area (Å²) in [6.07, 6.45) is 0.855. The van der Waals surface area contributed by atoms with E-state index < -0.39 is 9.84 Å². The molecule has 0 aliphatic carbocycles. The number of carbonyl (C=O) groups is 1. The highest BCUT2D eigenvalue weighted by Gasteiger charge is 2.27. The lowest BCUT2D eigenvalue weighted by atomic mass is 10.1. The van der Waals surface area contributed by atoms with E-state index in [0.717, 1.165) is 5.56 Å². The Hall–Kier alpha value is -1.07. The quantitative estimate of drug-likeness (QED) is 0.915. The third kappa shape index (κ3) is 4.21. The first kappa shape index (κ1) is 14.3. The number of nitrogens with one attached hydrogen (secondary N) is 1. The van der Waals surface area contributed by atoms with Crippen molar-refractivity contribution in [2.45, 2.75) is 12.8 Å². The molecule has 104 valence electrons. The van der Waals surface area contributed by atoms with Crippen LogP contribution in [0.15, 0.2) is 24.3 Å². The molecule has 4 nitrogen and oxygen atoms in total. The molecule has 1 heterocycles. The van der Waals surface area contributed by atoms with Crippen molar-refractivity contribution < 1.29 is 13.2 Å². The van der Waals surface area contributed by atoms with Gasteiger partial charge in [0.25, 0.3) is 0 Å². The first-order valence-electron chi connectivity index (χ1n) is 6.17. The molecule has 0 saturated carbocycles. The smallest absolute Gasteiger partial charge is 0.224 e. The molecule has 1 saturated heterocycles. The molecule has 1 aromatic rings. The maximum absolute atomic E-state index is 11.8. The predicted octanol–water partition coefficient (Wildman–Crippen LogP) is 1.43. The lowest BCUT2D eigenvalue weighted by Crippen LogP contribution is -2.31. The van der Waals surface area contributed by atoms with E-state index in [9.17, 15) is 13.2 Å². The topological polar surface area (TPSA) is 63.2 Å². The number of hydrogen-bond acceptors (Lipinski definition) is 3. The monoisotopic (exact) mass is 301 g/mol. The van der Waals surface area contributed by atoms with E-state index >= 15 is 0 Å². The highest BCUT2D eigenvalue weighted by atomic mass is 35.5. The van der Waals surface area contributed by atoms with Crippen LogP contribution in [0.4, 0.5) is 0 Å². The number of amides is 1. The van der Waals surface area contributed by atoms with Gasteiger partial charge in [0.2, 0.25) is 5.91 Å². The minimum atomic E-state index is -2.88. The van der Waals surface area contributed by atoms with Gasteiger partial charge in [0.1, 0.15) is 0 Å². The molecular weight excluding hydrogens is 286 g/mol. The SMILES string of the molecule is O=C(Cc1ccccc1Cl)NCC1CCS(=O)(=O)C1. The van der Waals surface area contributed by atoms with Gasteiger partial charge in [-0.2, -0.15) is 0 Å². The van der Waals surface area contributed by atoms with Crippen LogP contribution in [0.3, 0.4) is 0 Å². The van der Waals surface area contributed by atoms with Gasteiger partial charge < -0.3 is 5.32 Å². The van der Waals surface area contributed by atoms with Gasteiger partial charge in [-0.15, -0.1) is 0 Å². The molecule has 0 bridgehead atoms. The third-order valence-corrected chi connectivity index (χ3v) is 5.43. The van der Waals surface area contributed by atoms with Crippen molar-refractivity contribution >= 4 is 27.3 Å². The van der Waals surface area contributed by atoms with Crippen LogP contribution in [0, 0.1) is 5.92 Å². The van der Waals surface area contributed by atoms with E-state index in [4.69, 9.17) is 11.6 Å². The van der Waals surface area contributed by atoms with Crippen LogP contribution >= 0.6 is 11.6 Å². The van der Waals surface area contributed by atoms with Gasteiger partial charge in [-0.1, -0.05) is 29.8 Å². The van der Waals surface area contributed by atoms with Gasteiger partial charge in [0.05, 0.1) is 17.9 Å². The number of rotatable bonds is 4. The summed E-state index contributed by atoms with van der Waals surface area (Å²) in [4.78, 5) is 11.8. The summed E-state index contributed by atoms with van der Waals surface area (Å²) in [5, 5.41) is 3.35. The number of sulfone groups is 1. The van der Waals surface area contributed by atoms with E-state index in [0.29, 0.717) is 18.0 Å². The predicted molar refractivity (Wildman–Crippen MR) is 74.9 cm³/mol.